The largest absolute Gasteiger partial charge is 0.393 e. The molecule has 0 spiro atoms. The Balaban J connectivity index is 3.06. The number of nitrogens with two attached hydrogens (primary N) is 1. The first-order chi connectivity index (χ1) is 6.56. The van der Waals surface area contributed by atoms with Gasteiger partial charge in [-0.05, 0) is 6.92 Å². The van der Waals surface area contributed by atoms with Crippen molar-refractivity contribution in [2.45, 2.75) is 19.4 Å². The maximum Gasteiger partial charge on any atom is 0.283 e. The van der Waals surface area contributed by atoms with E-state index in [2.05, 4.69) is 10.2 Å². The maximum absolute atomic E-state index is 11.2. The minimum absolute atomic E-state index is 0.0541. The molecule has 0 bridgehead atoms. The highest BCUT2D eigenvalue weighted by molar-refractivity contribution is 5.93. The highest BCUT2D eigenvalue weighted by atomic mass is 16.3. The number of aromatic amines is 2. The van der Waals surface area contributed by atoms with E-state index in [9.17, 15) is 9.59 Å². The summed E-state index contributed by atoms with van der Waals surface area (Å²) in [6.45, 7) is 1.52. The molecule has 7 nitrogen and oxygen atoms in total. The van der Waals surface area contributed by atoms with Crippen molar-refractivity contribution in [3.8, 4) is 0 Å². The van der Waals surface area contributed by atoms with Gasteiger partial charge in [0.1, 0.15) is 5.69 Å². The summed E-state index contributed by atoms with van der Waals surface area (Å²) in [5.74, 6) is 4.32. The number of H-pyrrole nitrogens is 2. The van der Waals surface area contributed by atoms with Gasteiger partial charge in [0, 0.05) is 6.42 Å². The third-order valence-electron chi connectivity index (χ3n) is 1.73. The quantitative estimate of drug-likeness (QED) is 0.225. The van der Waals surface area contributed by atoms with E-state index in [0.717, 1.165) is 0 Å². The van der Waals surface area contributed by atoms with E-state index in [4.69, 9.17) is 10.9 Å². The van der Waals surface area contributed by atoms with Crippen LogP contribution in [0.15, 0.2) is 4.79 Å². The molecule has 1 aromatic rings. The standard InChI is InChI=1S/C7H12N4O3/c1-3(12)2-4-5(7(14)9-8)10-11-6(4)13/h3,12H,2,8H2,1H3,(H,9,14)(H2,10,11,13)/t3-/m0/s1. The predicted molar refractivity (Wildman–Crippen MR) is 48.5 cm³/mol. The number of hydrogen-bond donors (Lipinski definition) is 5. The van der Waals surface area contributed by atoms with Crippen LogP contribution in [0, 0.1) is 0 Å². The second kappa shape index (κ2) is 4.07. The first kappa shape index (κ1) is 10.5. The third-order valence-corrected chi connectivity index (χ3v) is 1.73. The van der Waals surface area contributed by atoms with Gasteiger partial charge in [-0.1, -0.05) is 0 Å². The summed E-state index contributed by atoms with van der Waals surface area (Å²) in [6, 6.07) is 0. The van der Waals surface area contributed by atoms with Gasteiger partial charge in [-0.2, -0.15) is 0 Å². The lowest BCUT2D eigenvalue weighted by Crippen LogP contribution is -2.31. The van der Waals surface area contributed by atoms with Gasteiger partial charge in [0.05, 0.1) is 11.7 Å². The first-order valence-corrected chi connectivity index (χ1v) is 4.04. The molecule has 6 N–H and O–H groups in total. The van der Waals surface area contributed by atoms with Crippen molar-refractivity contribution in [3.05, 3.63) is 21.6 Å². The molecule has 1 heterocycles. The van der Waals surface area contributed by atoms with Crippen LogP contribution in [-0.4, -0.2) is 27.3 Å². The van der Waals surface area contributed by atoms with Crippen LogP contribution < -0.4 is 16.8 Å². The fourth-order valence-electron chi connectivity index (χ4n) is 1.14. The monoisotopic (exact) mass is 200 g/mol. The molecule has 0 aliphatic carbocycles. The van der Waals surface area contributed by atoms with Crippen molar-refractivity contribution in [3.63, 3.8) is 0 Å². The van der Waals surface area contributed by atoms with Crippen LogP contribution in [0.2, 0.25) is 0 Å². The van der Waals surface area contributed by atoms with Crippen LogP contribution in [0.3, 0.4) is 0 Å². The molecular formula is C7H12N4O3. The molecule has 0 fully saturated rings. The molecule has 0 aliphatic heterocycles. The predicted octanol–water partition coefficient (Wildman–Crippen LogP) is -1.77. The molecule has 1 amide bonds. The number of nitrogen functional groups attached to an aromatic ring is 1. The van der Waals surface area contributed by atoms with E-state index in [-0.39, 0.29) is 17.7 Å². The van der Waals surface area contributed by atoms with Crippen LogP contribution in [0.1, 0.15) is 23.0 Å². The van der Waals surface area contributed by atoms with Crippen molar-refractivity contribution < 1.29 is 9.90 Å². The highest BCUT2D eigenvalue weighted by Crippen LogP contribution is 2.02. The molecule has 1 rings (SSSR count). The van der Waals surface area contributed by atoms with Gasteiger partial charge in [0.2, 0.25) is 0 Å². The van der Waals surface area contributed by atoms with Crippen LogP contribution in [-0.2, 0) is 6.42 Å². The van der Waals surface area contributed by atoms with E-state index in [0.29, 0.717) is 0 Å². The number of aromatic nitrogens is 2. The summed E-state index contributed by atoms with van der Waals surface area (Å²) in [6.07, 6.45) is -0.599. The van der Waals surface area contributed by atoms with Crippen molar-refractivity contribution in [1.29, 1.82) is 0 Å². The Kier molecular flexibility index (Phi) is 3.05. The Bertz CT molecular complexity index is 379. The summed E-state index contributed by atoms with van der Waals surface area (Å²) in [5.41, 5.74) is 1.72. The summed E-state index contributed by atoms with van der Waals surface area (Å²) in [4.78, 5) is 22.3. The molecule has 0 radical (unpaired) electrons. The zero-order chi connectivity index (χ0) is 10.7. The molecular weight excluding hydrogens is 188 g/mol. The molecule has 7 heteroatoms. The highest BCUT2D eigenvalue weighted by Gasteiger charge is 2.17. The lowest BCUT2D eigenvalue weighted by Gasteiger charge is -2.02. The van der Waals surface area contributed by atoms with Gasteiger partial charge in [0.15, 0.2) is 0 Å². The molecule has 14 heavy (non-hydrogen) atoms. The second-order valence-electron chi connectivity index (χ2n) is 2.96. The van der Waals surface area contributed by atoms with E-state index < -0.39 is 17.6 Å². The minimum Gasteiger partial charge on any atom is -0.393 e. The Labute approximate surface area is 79.3 Å². The topological polar surface area (TPSA) is 124 Å². The summed E-state index contributed by atoms with van der Waals surface area (Å²) in [7, 11) is 0. The number of hydrogen-bond acceptors (Lipinski definition) is 4. The number of aliphatic hydroxyl groups excluding tert-OH is 1. The van der Waals surface area contributed by atoms with E-state index in [1.165, 1.54) is 6.92 Å². The zero-order valence-electron chi connectivity index (χ0n) is 7.63. The maximum atomic E-state index is 11.2. The molecule has 0 aromatic carbocycles. The second-order valence-corrected chi connectivity index (χ2v) is 2.96. The van der Waals surface area contributed by atoms with E-state index in [1.54, 1.807) is 0 Å². The molecule has 78 valence electrons. The number of aliphatic hydroxyl groups is 1. The average Bonchev–Trinajstić information content (AvgIpc) is 2.46. The first-order valence-electron chi connectivity index (χ1n) is 4.04. The van der Waals surface area contributed by atoms with Crippen LogP contribution in [0.25, 0.3) is 0 Å². The number of carbonyl (C=O) groups excluding carboxylic acids is 1. The zero-order valence-corrected chi connectivity index (χ0v) is 7.63. The Morgan fingerprint density at radius 2 is 2.29 bits per heavy atom. The fourth-order valence-corrected chi connectivity index (χ4v) is 1.14. The van der Waals surface area contributed by atoms with E-state index >= 15 is 0 Å². The number of hydrazine groups is 1. The van der Waals surface area contributed by atoms with Crippen molar-refractivity contribution in [1.82, 2.24) is 15.6 Å². The number of amides is 1. The lowest BCUT2D eigenvalue weighted by molar-refractivity contribution is 0.0947. The van der Waals surface area contributed by atoms with Crippen LogP contribution in [0.4, 0.5) is 0 Å². The number of nitrogens with one attached hydrogen (secondary N) is 3. The van der Waals surface area contributed by atoms with Gasteiger partial charge >= 0.3 is 0 Å². The molecule has 0 aliphatic rings. The van der Waals surface area contributed by atoms with Crippen LogP contribution in [0.5, 0.6) is 0 Å². The lowest BCUT2D eigenvalue weighted by atomic mass is 10.1. The molecule has 0 saturated carbocycles. The summed E-state index contributed by atoms with van der Waals surface area (Å²) < 4.78 is 0. The van der Waals surface area contributed by atoms with Gasteiger partial charge in [0.25, 0.3) is 11.5 Å². The molecule has 1 atom stereocenters. The third kappa shape index (κ3) is 2.01. The molecule has 0 unspecified atom stereocenters. The smallest absolute Gasteiger partial charge is 0.283 e. The van der Waals surface area contributed by atoms with Crippen molar-refractivity contribution >= 4 is 5.91 Å². The Morgan fingerprint density at radius 1 is 1.64 bits per heavy atom. The van der Waals surface area contributed by atoms with Gasteiger partial charge in [-0.3, -0.25) is 25.2 Å². The van der Waals surface area contributed by atoms with Crippen molar-refractivity contribution in [2.24, 2.45) is 5.84 Å². The van der Waals surface area contributed by atoms with Gasteiger partial charge in [-0.25, -0.2) is 5.84 Å². The summed E-state index contributed by atoms with van der Waals surface area (Å²) in [5, 5.41) is 13.7. The molecule has 0 saturated heterocycles. The van der Waals surface area contributed by atoms with Crippen molar-refractivity contribution in [2.75, 3.05) is 0 Å². The Hall–Kier alpha value is -1.60. The summed E-state index contributed by atoms with van der Waals surface area (Å²) >= 11 is 0. The van der Waals surface area contributed by atoms with E-state index in [1.807, 2.05) is 5.43 Å². The average molecular weight is 200 g/mol. The SMILES string of the molecule is C[C@H](O)Cc1c(C(=O)NN)[nH][nH]c1=O. The van der Waals surface area contributed by atoms with Crippen LogP contribution >= 0.6 is 0 Å². The number of carbonyl (C=O) groups is 1. The normalized spacial score (nSPS) is 12.5. The fraction of sp³-hybridized carbons (Fsp3) is 0.429. The van der Waals surface area contributed by atoms with Gasteiger partial charge in [-0.15, -0.1) is 0 Å². The molecule has 1 aromatic heterocycles. The Morgan fingerprint density at radius 3 is 2.79 bits per heavy atom. The number of rotatable bonds is 3. The minimum atomic E-state index is -0.698. The van der Waals surface area contributed by atoms with Gasteiger partial charge < -0.3 is 5.11 Å².